The molecular weight excluding hydrogens is 232 g/mol. The van der Waals surface area contributed by atoms with Crippen molar-refractivity contribution in [2.75, 3.05) is 5.32 Å². The fraction of sp³-hybridized carbons (Fsp3) is 0.417. The highest BCUT2D eigenvalue weighted by Crippen LogP contribution is 2.17. The number of nitrogens with zero attached hydrogens (tertiary/aromatic N) is 3. The molecule has 0 spiro atoms. The van der Waals surface area contributed by atoms with E-state index in [-0.39, 0.29) is 5.54 Å². The molecule has 0 aromatic carbocycles. The van der Waals surface area contributed by atoms with E-state index in [4.69, 9.17) is 0 Å². The predicted octanol–water partition coefficient (Wildman–Crippen LogP) is 2.73. The van der Waals surface area contributed by atoms with Crippen molar-refractivity contribution in [3.63, 3.8) is 0 Å². The van der Waals surface area contributed by atoms with Crippen LogP contribution in [0.3, 0.4) is 0 Å². The summed E-state index contributed by atoms with van der Waals surface area (Å²) in [5.74, 6) is 0.820. The molecule has 2 rings (SSSR count). The van der Waals surface area contributed by atoms with E-state index >= 15 is 0 Å². The Hall–Kier alpha value is -1.49. The summed E-state index contributed by atoms with van der Waals surface area (Å²) in [6, 6.07) is 5.87. The Bertz CT molecular complexity index is 473. The van der Waals surface area contributed by atoms with E-state index in [0.29, 0.717) is 6.42 Å². The number of pyridine rings is 1. The van der Waals surface area contributed by atoms with E-state index in [2.05, 4.69) is 40.4 Å². The second-order valence-electron chi connectivity index (χ2n) is 4.89. The predicted molar refractivity (Wildman–Crippen MR) is 70.3 cm³/mol. The molecule has 0 unspecified atom stereocenters. The first-order chi connectivity index (χ1) is 8.03. The van der Waals surface area contributed by atoms with Crippen molar-refractivity contribution < 1.29 is 0 Å². The van der Waals surface area contributed by atoms with Gasteiger partial charge < -0.3 is 5.32 Å². The molecule has 2 heterocycles. The van der Waals surface area contributed by atoms with E-state index in [1.165, 1.54) is 11.5 Å². The molecule has 90 valence electrons. The highest BCUT2D eigenvalue weighted by molar-refractivity contribution is 7.09. The fourth-order valence-electron chi connectivity index (χ4n) is 1.36. The molecule has 0 saturated carbocycles. The summed E-state index contributed by atoms with van der Waals surface area (Å²) in [5, 5.41) is 4.18. The zero-order chi connectivity index (χ0) is 12.3. The van der Waals surface area contributed by atoms with Crippen LogP contribution in [0.1, 0.15) is 32.3 Å². The van der Waals surface area contributed by atoms with Crippen LogP contribution in [0.4, 0.5) is 5.13 Å². The zero-order valence-electron chi connectivity index (χ0n) is 10.3. The molecule has 0 radical (unpaired) electrons. The quantitative estimate of drug-likeness (QED) is 0.907. The van der Waals surface area contributed by atoms with E-state index < -0.39 is 0 Å². The van der Waals surface area contributed by atoms with Gasteiger partial charge in [0, 0.05) is 29.0 Å². The molecule has 2 aromatic rings. The molecule has 1 N–H and O–H groups in total. The number of anilines is 1. The van der Waals surface area contributed by atoms with Crippen molar-refractivity contribution >= 4 is 16.7 Å². The van der Waals surface area contributed by atoms with E-state index in [1.807, 2.05) is 18.2 Å². The van der Waals surface area contributed by atoms with Crippen LogP contribution in [0.15, 0.2) is 24.4 Å². The highest BCUT2D eigenvalue weighted by Gasteiger charge is 2.13. The summed E-state index contributed by atoms with van der Waals surface area (Å²) in [4.78, 5) is 8.71. The lowest BCUT2D eigenvalue weighted by atomic mass is 10.1. The molecule has 0 saturated heterocycles. The summed E-state index contributed by atoms with van der Waals surface area (Å²) >= 11 is 1.40. The van der Waals surface area contributed by atoms with Crippen LogP contribution in [0, 0.1) is 0 Å². The third kappa shape index (κ3) is 3.78. The Kier molecular flexibility index (Phi) is 3.38. The van der Waals surface area contributed by atoms with Crippen LogP contribution in [0.25, 0.3) is 0 Å². The van der Waals surface area contributed by atoms with Crippen LogP contribution in [-0.2, 0) is 6.42 Å². The first kappa shape index (κ1) is 12.0. The van der Waals surface area contributed by atoms with Crippen LogP contribution in [-0.4, -0.2) is 19.9 Å². The summed E-state index contributed by atoms with van der Waals surface area (Å²) in [6.45, 7) is 6.31. The van der Waals surface area contributed by atoms with Gasteiger partial charge in [0.05, 0.1) is 6.42 Å². The standard InChI is InChI=1S/C12H16N4S/c1-12(2,3)15-11-14-10(16-17-11)8-9-6-4-5-7-13-9/h4-7H,8H2,1-3H3,(H,14,15,16). The van der Waals surface area contributed by atoms with Gasteiger partial charge in [0.2, 0.25) is 5.13 Å². The molecule has 0 amide bonds. The molecule has 0 atom stereocenters. The Labute approximate surface area is 105 Å². The summed E-state index contributed by atoms with van der Waals surface area (Å²) in [5.41, 5.74) is 1.01. The smallest absolute Gasteiger partial charge is 0.202 e. The van der Waals surface area contributed by atoms with Gasteiger partial charge in [-0.25, -0.2) is 4.98 Å². The number of rotatable bonds is 3. The monoisotopic (exact) mass is 248 g/mol. The molecule has 0 aliphatic heterocycles. The van der Waals surface area contributed by atoms with E-state index in [0.717, 1.165) is 16.6 Å². The maximum Gasteiger partial charge on any atom is 0.202 e. The second kappa shape index (κ2) is 4.79. The lowest BCUT2D eigenvalue weighted by Gasteiger charge is -2.18. The van der Waals surface area contributed by atoms with Gasteiger partial charge in [-0.15, -0.1) is 0 Å². The lowest BCUT2D eigenvalue weighted by Crippen LogP contribution is -2.25. The number of hydrogen-bond acceptors (Lipinski definition) is 5. The van der Waals surface area contributed by atoms with E-state index in [9.17, 15) is 0 Å². The molecular formula is C12H16N4S. The molecule has 5 heteroatoms. The molecule has 0 bridgehead atoms. The molecule has 2 aromatic heterocycles. The van der Waals surface area contributed by atoms with Crippen molar-refractivity contribution in [2.24, 2.45) is 0 Å². The maximum atomic E-state index is 4.45. The maximum absolute atomic E-state index is 4.45. The Balaban J connectivity index is 2.04. The molecule has 17 heavy (non-hydrogen) atoms. The van der Waals surface area contributed by atoms with Crippen LogP contribution < -0.4 is 5.32 Å². The minimum absolute atomic E-state index is 0.0157. The van der Waals surface area contributed by atoms with Gasteiger partial charge in [-0.2, -0.15) is 4.37 Å². The van der Waals surface area contributed by atoms with E-state index in [1.54, 1.807) is 6.20 Å². The minimum Gasteiger partial charge on any atom is -0.356 e. The van der Waals surface area contributed by atoms with Crippen LogP contribution in [0.5, 0.6) is 0 Å². The van der Waals surface area contributed by atoms with Gasteiger partial charge in [-0.1, -0.05) is 6.07 Å². The SMILES string of the molecule is CC(C)(C)Nc1nc(Cc2ccccn2)ns1. The van der Waals surface area contributed by atoms with Crippen LogP contribution in [0.2, 0.25) is 0 Å². The minimum atomic E-state index is 0.0157. The van der Waals surface area contributed by atoms with Crippen LogP contribution >= 0.6 is 11.5 Å². The average molecular weight is 248 g/mol. The molecule has 4 nitrogen and oxygen atoms in total. The second-order valence-corrected chi connectivity index (χ2v) is 5.64. The van der Waals surface area contributed by atoms with Crippen molar-refractivity contribution in [3.8, 4) is 0 Å². The van der Waals surface area contributed by atoms with Gasteiger partial charge in [0.1, 0.15) is 0 Å². The summed E-state index contributed by atoms with van der Waals surface area (Å²) < 4.78 is 4.32. The third-order valence-electron chi connectivity index (χ3n) is 2.02. The largest absolute Gasteiger partial charge is 0.356 e. The highest BCUT2D eigenvalue weighted by atomic mass is 32.1. The Morgan fingerprint density at radius 3 is 2.76 bits per heavy atom. The molecule has 0 fully saturated rings. The number of hydrogen-bond donors (Lipinski definition) is 1. The van der Waals surface area contributed by atoms with Crippen molar-refractivity contribution in [1.29, 1.82) is 0 Å². The fourth-order valence-corrected chi connectivity index (χ4v) is 2.16. The lowest BCUT2D eigenvalue weighted by molar-refractivity contribution is 0.633. The molecule has 0 aliphatic carbocycles. The Morgan fingerprint density at radius 2 is 2.12 bits per heavy atom. The summed E-state index contributed by atoms with van der Waals surface area (Å²) in [7, 11) is 0. The van der Waals surface area contributed by atoms with Gasteiger partial charge in [-0.05, 0) is 32.9 Å². The first-order valence-corrected chi connectivity index (χ1v) is 6.31. The number of nitrogens with one attached hydrogen (secondary N) is 1. The van der Waals surface area contributed by atoms with Crippen molar-refractivity contribution in [1.82, 2.24) is 14.3 Å². The van der Waals surface area contributed by atoms with Gasteiger partial charge in [0.15, 0.2) is 5.82 Å². The van der Waals surface area contributed by atoms with Gasteiger partial charge in [0.25, 0.3) is 0 Å². The Morgan fingerprint density at radius 1 is 1.29 bits per heavy atom. The third-order valence-corrected chi connectivity index (χ3v) is 2.68. The van der Waals surface area contributed by atoms with Crippen molar-refractivity contribution in [2.45, 2.75) is 32.7 Å². The molecule has 0 aliphatic rings. The average Bonchev–Trinajstić information content (AvgIpc) is 2.64. The first-order valence-electron chi connectivity index (χ1n) is 5.54. The topological polar surface area (TPSA) is 50.7 Å². The summed E-state index contributed by atoms with van der Waals surface area (Å²) in [6.07, 6.45) is 2.47. The zero-order valence-corrected chi connectivity index (χ0v) is 11.1. The van der Waals surface area contributed by atoms with Crippen molar-refractivity contribution in [3.05, 3.63) is 35.9 Å². The number of aromatic nitrogens is 3. The van der Waals surface area contributed by atoms with Gasteiger partial charge in [-0.3, -0.25) is 4.98 Å². The van der Waals surface area contributed by atoms with Gasteiger partial charge >= 0.3 is 0 Å². The normalized spacial score (nSPS) is 11.5.